The number of rotatable bonds is 3. The Morgan fingerprint density at radius 1 is 1.33 bits per heavy atom. The van der Waals surface area contributed by atoms with Gasteiger partial charge >= 0.3 is 5.69 Å². The molecule has 1 aromatic carbocycles. The Bertz CT molecular complexity index is 564. The normalized spacial score (nSPS) is 19.0. The van der Waals surface area contributed by atoms with Crippen LogP contribution in [0.3, 0.4) is 0 Å². The molecule has 5 heteroatoms. The molecule has 18 heavy (non-hydrogen) atoms. The molecule has 1 unspecified atom stereocenters. The van der Waals surface area contributed by atoms with Gasteiger partial charge < -0.3 is 15.0 Å². The zero-order valence-electron chi connectivity index (χ0n) is 9.93. The molecule has 2 aromatic rings. The molecule has 0 bridgehead atoms. The molecule has 0 aliphatic carbocycles. The Hall–Kier alpha value is -2.01. The van der Waals surface area contributed by atoms with E-state index in [1.54, 1.807) is 17.0 Å². The molecule has 0 saturated carbocycles. The molecule has 1 aliphatic rings. The lowest BCUT2D eigenvalue weighted by Gasteiger charge is -2.12. The molecule has 1 saturated heterocycles. The molecule has 1 atom stereocenters. The minimum absolute atomic E-state index is 0.125. The minimum atomic E-state index is -0.125. The highest BCUT2D eigenvalue weighted by Gasteiger charge is 2.14. The van der Waals surface area contributed by atoms with Crippen molar-refractivity contribution in [2.45, 2.75) is 12.5 Å². The van der Waals surface area contributed by atoms with Crippen LogP contribution in [0.25, 0.3) is 5.69 Å². The maximum Gasteiger partial charge on any atom is 0.330 e. The van der Waals surface area contributed by atoms with Gasteiger partial charge in [-0.3, -0.25) is 4.57 Å². The molecule has 0 radical (unpaired) electrons. The maximum atomic E-state index is 11.5. The van der Waals surface area contributed by atoms with Crippen LogP contribution in [-0.4, -0.2) is 28.8 Å². The van der Waals surface area contributed by atoms with Crippen molar-refractivity contribution in [2.24, 2.45) is 0 Å². The van der Waals surface area contributed by atoms with E-state index in [2.05, 4.69) is 10.3 Å². The van der Waals surface area contributed by atoms with Crippen LogP contribution in [0.1, 0.15) is 6.42 Å². The average molecular weight is 245 g/mol. The van der Waals surface area contributed by atoms with Crippen LogP contribution in [0, 0.1) is 0 Å². The summed E-state index contributed by atoms with van der Waals surface area (Å²) in [4.78, 5) is 14.1. The Balaban J connectivity index is 1.76. The van der Waals surface area contributed by atoms with E-state index in [-0.39, 0.29) is 5.69 Å². The fourth-order valence-corrected chi connectivity index (χ4v) is 2.13. The van der Waals surface area contributed by atoms with Gasteiger partial charge in [-0.15, -0.1) is 0 Å². The zero-order chi connectivity index (χ0) is 12.4. The van der Waals surface area contributed by atoms with E-state index in [0.717, 1.165) is 31.0 Å². The van der Waals surface area contributed by atoms with Gasteiger partial charge in [0.25, 0.3) is 0 Å². The third-order valence-electron chi connectivity index (χ3n) is 3.10. The molecule has 2 heterocycles. The molecule has 5 nitrogen and oxygen atoms in total. The van der Waals surface area contributed by atoms with E-state index in [1.807, 2.05) is 24.3 Å². The second kappa shape index (κ2) is 4.70. The Kier molecular flexibility index (Phi) is 2.90. The predicted octanol–water partition coefficient (Wildman–Crippen LogP) is 1.37. The molecular formula is C13H15N3O2. The fraction of sp³-hybridized carbons (Fsp3) is 0.308. The second-order valence-corrected chi connectivity index (χ2v) is 4.39. The molecule has 1 aliphatic heterocycles. The van der Waals surface area contributed by atoms with E-state index in [0.29, 0.717) is 6.04 Å². The standard InChI is InChI=1S/C13H15N3O2/c17-13-14-6-7-16(13)12-3-1-10(2-4-12)15-11-5-8-18-9-11/h1-4,6-7,11,15H,5,8-9H2,(H,14,17). The summed E-state index contributed by atoms with van der Waals surface area (Å²) in [6, 6.07) is 8.20. The van der Waals surface area contributed by atoms with E-state index in [9.17, 15) is 4.79 Å². The summed E-state index contributed by atoms with van der Waals surface area (Å²) in [5, 5.41) is 3.41. The monoisotopic (exact) mass is 245 g/mol. The van der Waals surface area contributed by atoms with Crippen molar-refractivity contribution in [3.05, 3.63) is 47.1 Å². The molecule has 94 valence electrons. The van der Waals surface area contributed by atoms with Crippen molar-refractivity contribution < 1.29 is 4.74 Å². The largest absolute Gasteiger partial charge is 0.380 e. The van der Waals surface area contributed by atoms with Crippen molar-refractivity contribution in [1.82, 2.24) is 9.55 Å². The predicted molar refractivity (Wildman–Crippen MR) is 69.2 cm³/mol. The number of nitrogens with one attached hydrogen (secondary N) is 2. The molecule has 1 fully saturated rings. The van der Waals surface area contributed by atoms with Gasteiger partial charge in [0, 0.05) is 24.7 Å². The number of hydrogen-bond acceptors (Lipinski definition) is 3. The van der Waals surface area contributed by atoms with Crippen molar-refractivity contribution in [3.8, 4) is 5.69 Å². The number of imidazole rings is 1. The summed E-state index contributed by atoms with van der Waals surface area (Å²) >= 11 is 0. The number of nitrogens with zero attached hydrogens (tertiary/aromatic N) is 1. The summed E-state index contributed by atoms with van der Waals surface area (Å²) in [6.07, 6.45) is 4.39. The number of ether oxygens (including phenoxy) is 1. The van der Waals surface area contributed by atoms with Crippen LogP contribution in [0.15, 0.2) is 41.5 Å². The van der Waals surface area contributed by atoms with Crippen LogP contribution < -0.4 is 11.0 Å². The lowest BCUT2D eigenvalue weighted by atomic mass is 10.2. The van der Waals surface area contributed by atoms with Crippen LogP contribution in [0.4, 0.5) is 5.69 Å². The number of benzene rings is 1. The summed E-state index contributed by atoms with van der Waals surface area (Å²) in [5.41, 5.74) is 1.78. The number of H-pyrrole nitrogens is 1. The van der Waals surface area contributed by atoms with Crippen LogP contribution in [0.2, 0.25) is 0 Å². The first-order chi connectivity index (χ1) is 8.83. The summed E-state index contributed by atoms with van der Waals surface area (Å²) < 4.78 is 6.89. The Labute approximate surface area is 104 Å². The molecule has 2 N–H and O–H groups in total. The lowest BCUT2D eigenvalue weighted by molar-refractivity contribution is 0.195. The SMILES string of the molecule is O=c1[nH]ccn1-c1ccc(NC2CCOC2)cc1. The molecular weight excluding hydrogens is 230 g/mol. The third-order valence-corrected chi connectivity index (χ3v) is 3.10. The number of hydrogen-bond donors (Lipinski definition) is 2. The van der Waals surface area contributed by atoms with Crippen molar-refractivity contribution in [1.29, 1.82) is 0 Å². The van der Waals surface area contributed by atoms with E-state index < -0.39 is 0 Å². The van der Waals surface area contributed by atoms with Gasteiger partial charge in [0.2, 0.25) is 0 Å². The van der Waals surface area contributed by atoms with Crippen molar-refractivity contribution >= 4 is 5.69 Å². The van der Waals surface area contributed by atoms with Crippen LogP contribution >= 0.6 is 0 Å². The quantitative estimate of drug-likeness (QED) is 0.858. The van der Waals surface area contributed by atoms with Crippen molar-refractivity contribution in [2.75, 3.05) is 18.5 Å². The minimum Gasteiger partial charge on any atom is -0.380 e. The number of anilines is 1. The Morgan fingerprint density at radius 3 is 2.78 bits per heavy atom. The lowest BCUT2D eigenvalue weighted by Crippen LogP contribution is -2.19. The second-order valence-electron chi connectivity index (χ2n) is 4.39. The highest BCUT2D eigenvalue weighted by atomic mass is 16.5. The highest BCUT2D eigenvalue weighted by molar-refractivity contribution is 5.49. The zero-order valence-corrected chi connectivity index (χ0v) is 9.93. The van der Waals surface area contributed by atoms with E-state index in [4.69, 9.17) is 4.74 Å². The van der Waals surface area contributed by atoms with Crippen LogP contribution in [0.5, 0.6) is 0 Å². The average Bonchev–Trinajstić information content (AvgIpc) is 3.02. The van der Waals surface area contributed by atoms with Gasteiger partial charge in [-0.1, -0.05) is 0 Å². The highest BCUT2D eigenvalue weighted by Crippen LogP contribution is 2.15. The summed E-state index contributed by atoms with van der Waals surface area (Å²) in [7, 11) is 0. The van der Waals surface area contributed by atoms with Gasteiger partial charge in [0.15, 0.2) is 0 Å². The Morgan fingerprint density at radius 2 is 2.17 bits per heavy atom. The topological polar surface area (TPSA) is 59.0 Å². The third kappa shape index (κ3) is 2.17. The van der Waals surface area contributed by atoms with E-state index >= 15 is 0 Å². The first-order valence-electron chi connectivity index (χ1n) is 6.04. The molecule has 1 aromatic heterocycles. The summed E-state index contributed by atoms with van der Waals surface area (Å²) in [5.74, 6) is 0. The summed E-state index contributed by atoms with van der Waals surface area (Å²) in [6.45, 7) is 1.59. The van der Waals surface area contributed by atoms with Gasteiger partial charge in [-0.05, 0) is 30.7 Å². The van der Waals surface area contributed by atoms with Crippen molar-refractivity contribution in [3.63, 3.8) is 0 Å². The van der Waals surface area contributed by atoms with Crippen LogP contribution in [-0.2, 0) is 4.74 Å². The smallest absolute Gasteiger partial charge is 0.330 e. The van der Waals surface area contributed by atoms with E-state index in [1.165, 1.54) is 0 Å². The van der Waals surface area contributed by atoms with Gasteiger partial charge in [-0.25, -0.2) is 4.79 Å². The molecule has 3 rings (SSSR count). The van der Waals surface area contributed by atoms with Gasteiger partial charge in [0.1, 0.15) is 0 Å². The molecule has 0 spiro atoms. The number of aromatic nitrogens is 2. The van der Waals surface area contributed by atoms with Gasteiger partial charge in [0.05, 0.1) is 18.3 Å². The van der Waals surface area contributed by atoms with Gasteiger partial charge in [-0.2, -0.15) is 0 Å². The number of aromatic amines is 1. The fourth-order valence-electron chi connectivity index (χ4n) is 2.13. The first kappa shape index (κ1) is 11.1. The molecule has 0 amide bonds. The maximum absolute atomic E-state index is 11.5. The first-order valence-corrected chi connectivity index (χ1v) is 6.04.